The van der Waals surface area contributed by atoms with Crippen molar-refractivity contribution in [3.05, 3.63) is 70.7 Å². The number of ether oxygens (including phenoxy) is 1. The number of benzene rings is 2. The molecule has 9 heteroatoms. The molecule has 1 aromatic heterocycles. The first-order valence-electron chi connectivity index (χ1n) is 11.6. The molecule has 3 aromatic rings. The van der Waals surface area contributed by atoms with Gasteiger partial charge in [-0.3, -0.25) is 14.9 Å². The second-order valence-corrected chi connectivity index (χ2v) is 10.0. The van der Waals surface area contributed by atoms with Gasteiger partial charge in [0.15, 0.2) is 5.13 Å². The number of fused-ring (bicyclic) bond motifs is 3. The Balaban J connectivity index is 1.20. The second kappa shape index (κ2) is 9.50. The van der Waals surface area contributed by atoms with Gasteiger partial charge in [-0.25, -0.2) is 9.78 Å². The summed E-state index contributed by atoms with van der Waals surface area (Å²) in [5.41, 5.74) is 3.81. The lowest BCUT2D eigenvalue weighted by Gasteiger charge is -2.28. The predicted octanol–water partition coefficient (Wildman–Crippen LogP) is 5.02. The highest BCUT2D eigenvalue weighted by Crippen LogP contribution is 2.44. The van der Waals surface area contributed by atoms with Gasteiger partial charge in [-0.2, -0.15) is 0 Å². The summed E-state index contributed by atoms with van der Waals surface area (Å²) < 4.78 is 5.53. The first-order chi connectivity index (χ1) is 16.9. The van der Waals surface area contributed by atoms with Gasteiger partial charge in [0.05, 0.1) is 18.2 Å². The van der Waals surface area contributed by atoms with Crippen molar-refractivity contribution in [1.29, 1.82) is 0 Å². The topological polar surface area (TPSA) is 118 Å². The molecule has 2 aliphatic carbocycles. The highest BCUT2D eigenvalue weighted by molar-refractivity contribution is 7.17. The molecule has 2 amide bonds. The predicted molar refractivity (Wildman–Crippen MR) is 132 cm³/mol. The largest absolute Gasteiger partial charge is 0.481 e. The highest BCUT2D eigenvalue weighted by atomic mass is 32.1. The van der Waals surface area contributed by atoms with Gasteiger partial charge in [0.2, 0.25) is 0 Å². The molecule has 0 bridgehead atoms. The van der Waals surface area contributed by atoms with Crippen molar-refractivity contribution in [2.75, 3.05) is 11.9 Å². The third kappa shape index (κ3) is 4.77. The number of anilines is 1. The number of carboxylic acid groups (broad SMARTS) is 1. The quantitative estimate of drug-likeness (QED) is 0.427. The van der Waals surface area contributed by atoms with Gasteiger partial charge in [-0.15, -0.1) is 0 Å². The van der Waals surface area contributed by atoms with Crippen LogP contribution in [0.25, 0.3) is 11.1 Å². The molecule has 0 aliphatic heterocycles. The molecule has 2 aliphatic rings. The molecule has 0 unspecified atom stereocenters. The molecule has 35 heavy (non-hydrogen) atoms. The van der Waals surface area contributed by atoms with Gasteiger partial charge in [-0.05, 0) is 35.1 Å². The lowest BCUT2D eigenvalue weighted by atomic mass is 9.93. The van der Waals surface area contributed by atoms with E-state index in [2.05, 4.69) is 39.9 Å². The van der Waals surface area contributed by atoms with Crippen LogP contribution in [0.5, 0.6) is 0 Å². The third-order valence-corrected chi connectivity index (χ3v) is 7.62. The minimum absolute atomic E-state index is 0.0531. The molecular weight excluding hydrogens is 466 g/mol. The number of carbonyl (C=O) groups excluding carboxylic acids is 2. The number of hydrogen-bond acceptors (Lipinski definition) is 6. The number of hydrogen-bond donors (Lipinski definition) is 3. The molecule has 0 radical (unpaired) electrons. The number of nitrogens with one attached hydrogen (secondary N) is 2. The number of amides is 2. The van der Waals surface area contributed by atoms with Gasteiger partial charge in [-0.1, -0.05) is 72.7 Å². The molecule has 1 heterocycles. The number of rotatable bonds is 7. The van der Waals surface area contributed by atoms with E-state index in [1.165, 1.54) is 6.20 Å². The first kappa shape index (κ1) is 23.0. The van der Waals surface area contributed by atoms with Crippen molar-refractivity contribution in [1.82, 2.24) is 10.3 Å². The first-order valence-corrected chi connectivity index (χ1v) is 12.4. The molecule has 0 saturated heterocycles. The van der Waals surface area contributed by atoms with Crippen LogP contribution >= 0.6 is 11.3 Å². The Morgan fingerprint density at radius 2 is 1.66 bits per heavy atom. The van der Waals surface area contributed by atoms with E-state index in [0.717, 1.165) is 46.4 Å². The number of aromatic nitrogens is 1. The van der Waals surface area contributed by atoms with E-state index in [9.17, 15) is 19.5 Å². The fourth-order valence-electron chi connectivity index (χ4n) is 5.15. The third-order valence-electron chi connectivity index (χ3n) is 6.71. The van der Waals surface area contributed by atoms with Crippen molar-refractivity contribution in [3.8, 4) is 11.1 Å². The summed E-state index contributed by atoms with van der Waals surface area (Å²) in [6.45, 7) is 0.177. The van der Waals surface area contributed by atoms with Gasteiger partial charge in [0.25, 0.3) is 5.91 Å². The van der Waals surface area contributed by atoms with E-state index in [4.69, 9.17) is 4.74 Å². The fourth-order valence-corrected chi connectivity index (χ4v) is 5.85. The van der Waals surface area contributed by atoms with E-state index in [1.54, 1.807) is 0 Å². The van der Waals surface area contributed by atoms with Crippen LogP contribution in [0.1, 0.15) is 58.8 Å². The van der Waals surface area contributed by atoms with Crippen LogP contribution in [0.15, 0.2) is 54.7 Å². The number of carbonyl (C=O) groups is 3. The summed E-state index contributed by atoms with van der Waals surface area (Å²) >= 11 is 1.02. The summed E-state index contributed by atoms with van der Waals surface area (Å²) in [5.74, 6) is -1.37. The molecule has 1 fully saturated rings. The molecule has 8 nitrogen and oxygen atoms in total. The Hall–Kier alpha value is -3.72. The Morgan fingerprint density at radius 3 is 2.29 bits per heavy atom. The Morgan fingerprint density at radius 1 is 1.03 bits per heavy atom. The minimum atomic E-state index is -0.936. The van der Waals surface area contributed by atoms with Crippen LogP contribution in [0, 0.1) is 0 Å². The maximum atomic E-state index is 12.7. The molecule has 1 saturated carbocycles. The Bertz CT molecular complexity index is 1240. The standard InChI is InChI=1S/C26H25N3O5S/c30-22(31)13-26(11-5-6-12-26)29-23(32)21-14-27-24(35-21)28-25(33)34-15-20-18-9-3-1-7-16(18)17-8-2-4-10-19(17)20/h1-4,7-10,14,20H,5-6,11-13,15H2,(H,29,32)(H,30,31)(H,27,28,33). The summed E-state index contributed by atoms with van der Waals surface area (Å²) in [4.78, 5) is 40.9. The zero-order valence-electron chi connectivity index (χ0n) is 19.0. The van der Waals surface area contributed by atoms with Crippen LogP contribution in [-0.2, 0) is 9.53 Å². The zero-order chi connectivity index (χ0) is 24.4. The Labute approximate surface area is 206 Å². The normalized spacial score (nSPS) is 15.8. The smallest absolute Gasteiger partial charge is 0.413 e. The number of carboxylic acids is 1. The van der Waals surface area contributed by atoms with Crippen LogP contribution in [0.4, 0.5) is 9.93 Å². The maximum Gasteiger partial charge on any atom is 0.413 e. The summed E-state index contributed by atoms with van der Waals surface area (Å²) in [7, 11) is 0. The summed E-state index contributed by atoms with van der Waals surface area (Å²) in [6.07, 6.45) is 3.65. The van der Waals surface area contributed by atoms with Crippen LogP contribution in [0.3, 0.4) is 0 Å². The minimum Gasteiger partial charge on any atom is -0.481 e. The number of thiazole rings is 1. The molecule has 3 N–H and O–H groups in total. The molecule has 180 valence electrons. The zero-order valence-corrected chi connectivity index (χ0v) is 19.8. The van der Waals surface area contributed by atoms with Crippen molar-refractivity contribution >= 4 is 34.4 Å². The lowest BCUT2D eigenvalue weighted by molar-refractivity contribution is -0.138. The van der Waals surface area contributed by atoms with Crippen molar-refractivity contribution < 1.29 is 24.2 Å². The monoisotopic (exact) mass is 491 g/mol. The van der Waals surface area contributed by atoms with Gasteiger partial charge in [0.1, 0.15) is 11.5 Å². The van der Waals surface area contributed by atoms with Gasteiger partial charge in [0, 0.05) is 5.92 Å². The molecule has 5 rings (SSSR count). The van der Waals surface area contributed by atoms with Crippen molar-refractivity contribution in [2.24, 2.45) is 0 Å². The second-order valence-electron chi connectivity index (χ2n) is 8.99. The van der Waals surface area contributed by atoms with Crippen molar-refractivity contribution in [2.45, 2.75) is 43.6 Å². The highest BCUT2D eigenvalue weighted by Gasteiger charge is 2.38. The van der Waals surface area contributed by atoms with E-state index in [0.29, 0.717) is 17.7 Å². The van der Waals surface area contributed by atoms with Crippen LogP contribution in [0.2, 0.25) is 0 Å². The van der Waals surface area contributed by atoms with E-state index < -0.39 is 17.6 Å². The fraction of sp³-hybridized carbons (Fsp3) is 0.308. The van der Waals surface area contributed by atoms with Crippen LogP contribution < -0.4 is 10.6 Å². The van der Waals surface area contributed by atoms with Gasteiger partial charge >= 0.3 is 12.1 Å². The van der Waals surface area contributed by atoms with Gasteiger partial charge < -0.3 is 15.2 Å². The number of nitrogens with zero attached hydrogens (tertiary/aromatic N) is 1. The van der Waals surface area contributed by atoms with Crippen LogP contribution in [-0.4, -0.2) is 40.2 Å². The summed E-state index contributed by atoms with van der Waals surface area (Å²) in [6, 6.07) is 16.2. The van der Waals surface area contributed by atoms with E-state index >= 15 is 0 Å². The van der Waals surface area contributed by atoms with Crippen molar-refractivity contribution in [3.63, 3.8) is 0 Å². The molecule has 0 atom stereocenters. The SMILES string of the molecule is O=C(O)CC1(NC(=O)c2cnc(NC(=O)OCC3c4ccccc4-c4ccccc43)s2)CCCC1. The molecule has 0 spiro atoms. The lowest BCUT2D eigenvalue weighted by Crippen LogP contribution is -2.47. The Kier molecular flexibility index (Phi) is 6.25. The van der Waals surface area contributed by atoms with E-state index in [1.807, 2.05) is 24.3 Å². The average molecular weight is 492 g/mol. The number of aliphatic carboxylic acids is 1. The average Bonchev–Trinajstić information content (AvgIpc) is 3.56. The molecular formula is C26H25N3O5S. The maximum absolute atomic E-state index is 12.7. The van der Waals surface area contributed by atoms with E-state index in [-0.39, 0.29) is 30.0 Å². The molecule has 2 aromatic carbocycles. The summed E-state index contributed by atoms with van der Waals surface area (Å²) in [5, 5.41) is 15.0.